The Kier molecular flexibility index (Phi) is 46.4. The standard InChI is InChI=1S/C54H102O9/c1-4-7-10-13-16-19-22-25-28-31-34-37-40-43-50(58)61-49(47-56)54(63-52(60)45-42-39-36-33-30-27-24-21-18-15-12-9-6-3)53(48(57)46-55)62-51(59)44-41-38-35-32-29-26-23-20-17-14-11-8-5-2/h47-49,53-55,57H,4-46H2,1-3H3/t48-,49+,53-,54-/m1/s1. The molecule has 4 atom stereocenters. The summed E-state index contributed by atoms with van der Waals surface area (Å²) in [6.45, 7) is 5.92. The Morgan fingerprint density at radius 2 is 0.587 bits per heavy atom. The van der Waals surface area contributed by atoms with Crippen molar-refractivity contribution < 1.29 is 43.6 Å². The number of hydrogen-bond donors (Lipinski definition) is 2. The van der Waals surface area contributed by atoms with Crippen molar-refractivity contribution >= 4 is 24.2 Å². The summed E-state index contributed by atoms with van der Waals surface area (Å²) in [5.74, 6) is -1.88. The van der Waals surface area contributed by atoms with Crippen molar-refractivity contribution in [2.75, 3.05) is 6.61 Å². The van der Waals surface area contributed by atoms with Crippen molar-refractivity contribution in [2.24, 2.45) is 0 Å². The van der Waals surface area contributed by atoms with Gasteiger partial charge in [0.25, 0.3) is 0 Å². The lowest BCUT2D eigenvalue weighted by atomic mass is 10.0. The summed E-state index contributed by atoms with van der Waals surface area (Å²) < 4.78 is 17.0. The van der Waals surface area contributed by atoms with E-state index < -0.39 is 48.9 Å². The molecule has 0 aromatic heterocycles. The maximum absolute atomic E-state index is 13.2. The van der Waals surface area contributed by atoms with Crippen molar-refractivity contribution in [3.63, 3.8) is 0 Å². The number of ether oxygens (including phenoxy) is 3. The van der Waals surface area contributed by atoms with E-state index in [-0.39, 0.29) is 19.3 Å². The van der Waals surface area contributed by atoms with Crippen LogP contribution in [0.25, 0.3) is 0 Å². The van der Waals surface area contributed by atoms with Gasteiger partial charge in [-0.25, -0.2) is 0 Å². The van der Waals surface area contributed by atoms with Gasteiger partial charge in [-0.05, 0) is 19.3 Å². The molecular weight excluding hydrogens is 793 g/mol. The molecule has 0 aliphatic rings. The van der Waals surface area contributed by atoms with E-state index in [2.05, 4.69) is 20.8 Å². The van der Waals surface area contributed by atoms with E-state index in [0.717, 1.165) is 57.8 Å². The molecule has 0 saturated heterocycles. The molecule has 2 N–H and O–H groups in total. The lowest BCUT2D eigenvalue weighted by Crippen LogP contribution is -2.52. The molecule has 0 amide bonds. The van der Waals surface area contributed by atoms with Gasteiger partial charge in [0.15, 0.2) is 24.6 Å². The number of aliphatic hydroxyl groups excluding tert-OH is 2. The maximum atomic E-state index is 13.2. The number of aldehydes is 1. The Hall–Kier alpha value is -2.00. The molecule has 0 heterocycles. The number of unbranched alkanes of at least 4 members (excludes halogenated alkanes) is 36. The highest BCUT2D eigenvalue weighted by Crippen LogP contribution is 2.21. The number of hydrogen-bond acceptors (Lipinski definition) is 9. The molecule has 0 aliphatic carbocycles. The van der Waals surface area contributed by atoms with Gasteiger partial charge in [-0.1, -0.05) is 252 Å². The summed E-state index contributed by atoms with van der Waals surface area (Å²) in [5, 5.41) is 20.9. The molecule has 0 rings (SSSR count). The van der Waals surface area contributed by atoms with Crippen LogP contribution in [0.2, 0.25) is 0 Å². The Balaban J connectivity index is 5.06. The van der Waals surface area contributed by atoms with Gasteiger partial charge < -0.3 is 24.4 Å². The normalized spacial score (nSPS) is 13.3. The third-order valence-corrected chi connectivity index (χ3v) is 12.6. The highest BCUT2D eigenvalue weighted by molar-refractivity contribution is 5.74. The highest BCUT2D eigenvalue weighted by atomic mass is 16.6. The monoisotopic (exact) mass is 895 g/mol. The lowest BCUT2D eigenvalue weighted by molar-refractivity contribution is -0.196. The van der Waals surface area contributed by atoms with Crippen molar-refractivity contribution in [1.82, 2.24) is 0 Å². The van der Waals surface area contributed by atoms with Crippen LogP contribution in [0.3, 0.4) is 0 Å². The molecule has 0 spiro atoms. The van der Waals surface area contributed by atoms with Crippen molar-refractivity contribution in [3.05, 3.63) is 0 Å². The zero-order valence-corrected chi connectivity index (χ0v) is 41.5. The second-order valence-electron chi connectivity index (χ2n) is 18.7. The first-order valence-electron chi connectivity index (χ1n) is 27.2. The van der Waals surface area contributed by atoms with Gasteiger partial charge in [-0.3, -0.25) is 19.2 Å². The van der Waals surface area contributed by atoms with E-state index in [9.17, 15) is 29.4 Å². The van der Waals surface area contributed by atoms with Crippen LogP contribution in [-0.4, -0.2) is 65.4 Å². The van der Waals surface area contributed by atoms with Gasteiger partial charge in [0.1, 0.15) is 6.10 Å². The molecule has 63 heavy (non-hydrogen) atoms. The molecule has 9 heteroatoms. The van der Waals surface area contributed by atoms with Crippen molar-refractivity contribution in [3.8, 4) is 0 Å². The van der Waals surface area contributed by atoms with Crippen molar-refractivity contribution in [2.45, 2.75) is 315 Å². The smallest absolute Gasteiger partial charge is 0.306 e. The van der Waals surface area contributed by atoms with E-state index in [1.165, 1.54) is 173 Å². The van der Waals surface area contributed by atoms with Crippen LogP contribution < -0.4 is 0 Å². The Morgan fingerprint density at radius 3 is 0.825 bits per heavy atom. The molecule has 0 aromatic rings. The molecule has 0 radical (unpaired) electrons. The summed E-state index contributed by atoms with van der Waals surface area (Å²) in [7, 11) is 0. The predicted octanol–water partition coefficient (Wildman–Crippen LogP) is 14.7. The van der Waals surface area contributed by atoms with E-state index in [1.807, 2.05) is 0 Å². The van der Waals surface area contributed by atoms with Gasteiger partial charge in [-0.15, -0.1) is 0 Å². The Labute approximate surface area is 388 Å². The second kappa shape index (κ2) is 47.9. The fourth-order valence-electron chi connectivity index (χ4n) is 8.46. The first-order valence-corrected chi connectivity index (χ1v) is 27.2. The van der Waals surface area contributed by atoms with E-state index in [0.29, 0.717) is 25.5 Å². The number of carbonyl (C=O) groups excluding carboxylic acids is 4. The third kappa shape index (κ3) is 40.0. The molecule has 0 aromatic carbocycles. The van der Waals surface area contributed by atoms with Crippen LogP contribution in [0.15, 0.2) is 0 Å². The zero-order chi connectivity index (χ0) is 46.3. The largest absolute Gasteiger partial charge is 0.455 e. The number of rotatable bonds is 50. The number of carbonyl (C=O) groups is 4. The topological polar surface area (TPSA) is 136 Å². The maximum Gasteiger partial charge on any atom is 0.306 e. The molecule has 0 bridgehead atoms. The first-order chi connectivity index (χ1) is 30.8. The van der Waals surface area contributed by atoms with Crippen LogP contribution in [0, 0.1) is 0 Å². The second-order valence-corrected chi connectivity index (χ2v) is 18.7. The van der Waals surface area contributed by atoms with Gasteiger partial charge in [0.05, 0.1) is 6.61 Å². The number of esters is 3. The molecular formula is C54H102O9. The van der Waals surface area contributed by atoms with Gasteiger partial charge in [0.2, 0.25) is 0 Å². The summed E-state index contributed by atoms with van der Waals surface area (Å²) in [6.07, 6.45) is 39.6. The van der Waals surface area contributed by atoms with Crippen molar-refractivity contribution in [1.29, 1.82) is 0 Å². The minimum Gasteiger partial charge on any atom is -0.455 e. The average Bonchev–Trinajstić information content (AvgIpc) is 3.28. The fourth-order valence-corrected chi connectivity index (χ4v) is 8.46. The van der Waals surface area contributed by atoms with Gasteiger partial charge >= 0.3 is 17.9 Å². The Bertz CT molecular complexity index is 1020. The molecule has 372 valence electrons. The lowest BCUT2D eigenvalue weighted by Gasteiger charge is -2.32. The number of aliphatic hydroxyl groups is 2. The molecule has 0 fully saturated rings. The Morgan fingerprint density at radius 1 is 0.365 bits per heavy atom. The molecule has 0 saturated carbocycles. The van der Waals surface area contributed by atoms with Crippen LogP contribution >= 0.6 is 0 Å². The molecule has 0 unspecified atom stereocenters. The van der Waals surface area contributed by atoms with Gasteiger partial charge in [-0.2, -0.15) is 0 Å². The van der Waals surface area contributed by atoms with Gasteiger partial charge in [0, 0.05) is 19.3 Å². The fraction of sp³-hybridized carbons (Fsp3) is 0.926. The van der Waals surface area contributed by atoms with E-state index in [4.69, 9.17) is 14.2 Å². The predicted molar refractivity (Wildman–Crippen MR) is 260 cm³/mol. The highest BCUT2D eigenvalue weighted by Gasteiger charge is 2.42. The van der Waals surface area contributed by atoms with E-state index in [1.54, 1.807) is 0 Å². The van der Waals surface area contributed by atoms with E-state index >= 15 is 0 Å². The zero-order valence-electron chi connectivity index (χ0n) is 41.5. The quantitative estimate of drug-likeness (QED) is 0.0265. The van der Waals surface area contributed by atoms with Crippen LogP contribution in [0.4, 0.5) is 0 Å². The minimum absolute atomic E-state index is 0.0710. The third-order valence-electron chi connectivity index (χ3n) is 12.6. The minimum atomic E-state index is -1.66. The molecule has 9 nitrogen and oxygen atoms in total. The molecule has 0 aliphatic heterocycles. The first kappa shape index (κ1) is 61.0. The summed E-state index contributed by atoms with van der Waals surface area (Å²) in [5.41, 5.74) is 0. The summed E-state index contributed by atoms with van der Waals surface area (Å²) >= 11 is 0. The average molecular weight is 895 g/mol. The van der Waals surface area contributed by atoms with Crippen LogP contribution in [-0.2, 0) is 33.4 Å². The van der Waals surface area contributed by atoms with Crippen LogP contribution in [0.5, 0.6) is 0 Å². The SMILES string of the molecule is CCCCCCCCCCCCCCCC(=O)O[C@@H]([C@H](OC(=O)CCCCCCCCCCCCCCC)[C@H](C=O)OC(=O)CCCCCCCCCCCCCCC)[C@H](O)CO. The summed E-state index contributed by atoms with van der Waals surface area (Å²) in [4.78, 5) is 51.8. The summed E-state index contributed by atoms with van der Waals surface area (Å²) in [6, 6.07) is 0. The van der Waals surface area contributed by atoms with Crippen LogP contribution in [0.1, 0.15) is 290 Å².